The molecule has 1 atom stereocenters. The molecule has 23 heavy (non-hydrogen) atoms. The molecule has 2 N–H and O–H groups in total. The number of hydrogen-bond acceptors (Lipinski definition) is 2. The van der Waals surface area contributed by atoms with Crippen LogP contribution in [0.1, 0.15) is 25.8 Å². The highest BCUT2D eigenvalue weighted by Crippen LogP contribution is 2.04. The minimum Gasteiger partial charge on any atom is -0.357 e. The highest BCUT2D eigenvalue weighted by atomic mass is 15.2. The number of hydrogen-bond donors (Lipinski definition) is 2. The second kappa shape index (κ2) is 9.66. The van der Waals surface area contributed by atoms with Crippen molar-refractivity contribution >= 4 is 5.96 Å². The number of imidazole rings is 1. The van der Waals surface area contributed by atoms with Gasteiger partial charge in [-0.05, 0) is 32.3 Å². The molecule has 0 amide bonds. The van der Waals surface area contributed by atoms with E-state index in [4.69, 9.17) is 0 Å². The van der Waals surface area contributed by atoms with Crippen molar-refractivity contribution in [3.63, 3.8) is 0 Å². The van der Waals surface area contributed by atoms with E-state index >= 15 is 0 Å². The molecular formula is C18H27N5. The Balaban J connectivity index is 1.77. The molecule has 1 aromatic carbocycles. The van der Waals surface area contributed by atoms with Gasteiger partial charge in [0.1, 0.15) is 0 Å². The van der Waals surface area contributed by atoms with Crippen LogP contribution in [0.15, 0.2) is 54.0 Å². The number of rotatable bonds is 8. The number of aromatic nitrogens is 2. The Morgan fingerprint density at radius 1 is 1.30 bits per heavy atom. The summed E-state index contributed by atoms with van der Waals surface area (Å²) in [5, 5.41) is 6.79. The average Bonchev–Trinajstić information content (AvgIpc) is 3.07. The van der Waals surface area contributed by atoms with Gasteiger partial charge in [0.2, 0.25) is 0 Å². The fourth-order valence-electron chi connectivity index (χ4n) is 2.35. The standard InChI is InChI=1S/C18H27N5/c1-3-20-18(21-12-14-23-13-11-19-15-23)22-16(2)9-10-17-7-5-4-6-8-17/h4-8,11,13,15-16H,3,9-10,12,14H2,1-2H3,(H2,20,21,22). The normalized spacial score (nSPS) is 12.9. The van der Waals surface area contributed by atoms with Crippen LogP contribution >= 0.6 is 0 Å². The minimum absolute atomic E-state index is 0.376. The van der Waals surface area contributed by atoms with Crippen molar-refractivity contribution in [1.82, 2.24) is 20.2 Å². The van der Waals surface area contributed by atoms with Crippen LogP contribution in [0, 0.1) is 0 Å². The summed E-state index contributed by atoms with van der Waals surface area (Å²) in [6.45, 7) is 6.72. The molecular weight excluding hydrogens is 286 g/mol. The Labute approximate surface area is 138 Å². The molecule has 2 rings (SSSR count). The maximum absolute atomic E-state index is 4.63. The topological polar surface area (TPSA) is 54.2 Å². The number of guanidine groups is 1. The quantitative estimate of drug-likeness (QED) is 0.581. The Bertz CT molecular complexity index is 562. The molecule has 2 aromatic rings. The van der Waals surface area contributed by atoms with Crippen molar-refractivity contribution in [1.29, 1.82) is 0 Å². The van der Waals surface area contributed by atoms with E-state index in [1.807, 2.05) is 17.1 Å². The van der Waals surface area contributed by atoms with Crippen molar-refractivity contribution < 1.29 is 0 Å². The molecule has 1 heterocycles. The molecule has 124 valence electrons. The lowest BCUT2D eigenvalue weighted by atomic mass is 10.1. The summed E-state index contributed by atoms with van der Waals surface area (Å²) in [5.41, 5.74) is 1.38. The van der Waals surface area contributed by atoms with E-state index < -0.39 is 0 Å². The lowest BCUT2D eigenvalue weighted by Crippen LogP contribution is -2.42. The van der Waals surface area contributed by atoms with Crippen LogP contribution in [-0.2, 0) is 13.0 Å². The molecule has 0 aliphatic carbocycles. The fraction of sp³-hybridized carbons (Fsp3) is 0.444. The monoisotopic (exact) mass is 313 g/mol. The van der Waals surface area contributed by atoms with Gasteiger partial charge < -0.3 is 15.2 Å². The minimum atomic E-state index is 0.376. The average molecular weight is 313 g/mol. The molecule has 1 unspecified atom stereocenters. The lowest BCUT2D eigenvalue weighted by Gasteiger charge is -2.18. The SMILES string of the molecule is CCNC(=NCCn1ccnc1)NC(C)CCc1ccccc1. The second-order valence-corrected chi connectivity index (χ2v) is 5.63. The first kappa shape index (κ1) is 17.1. The predicted molar refractivity (Wildman–Crippen MR) is 95.6 cm³/mol. The third-order valence-corrected chi connectivity index (χ3v) is 3.62. The van der Waals surface area contributed by atoms with E-state index in [0.717, 1.165) is 38.4 Å². The van der Waals surface area contributed by atoms with Crippen LogP contribution in [0.3, 0.4) is 0 Å². The van der Waals surface area contributed by atoms with Crippen molar-refractivity contribution in [2.24, 2.45) is 4.99 Å². The molecule has 0 saturated heterocycles. The fourth-order valence-corrected chi connectivity index (χ4v) is 2.35. The summed E-state index contributed by atoms with van der Waals surface area (Å²) in [4.78, 5) is 8.67. The van der Waals surface area contributed by atoms with E-state index in [1.54, 1.807) is 6.20 Å². The first-order chi connectivity index (χ1) is 11.3. The van der Waals surface area contributed by atoms with Crippen molar-refractivity contribution in [2.75, 3.05) is 13.1 Å². The molecule has 0 fully saturated rings. The number of aliphatic imine (C=N–C) groups is 1. The van der Waals surface area contributed by atoms with Gasteiger partial charge in [0.15, 0.2) is 5.96 Å². The molecule has 5 heteroatoms. The van der Waals surface area contributed by atoms with Crippen LogP contribution in [0.25, 0.3) is 0 Å². The smallest absolute Gasteiger partial charge is 0.191 e. The van der Waals surface area contributed by atoms with Gasteiger partial charge in [-0.1, -0.05) is 30.3 Å². The number of aryl methyl sites for hydroxylation is 1. The third kappa shape index (κ3) is 6.55. The zero-order chi connectivity index (χ0) is 16.3. The van der Waals surface area contributed by atoms with Gasteiger partial charge in [0.25, 0.3) is 0 Å². The maximum atomic E-state index is 4.63. The van der Waals surface area contributed by atoms with Crippen LogP contribution in [0.2, 0.25) is 0 Å². The lowest BCUT2D eigenvalue weighted by molar-refractivity contribution is 0.591. The first-order valence-electron chi connectivity index (χ1n) is 8.32. The van der Waals surface area contributed by atoms with Gasteiger partial charge >= 0.3 is 0 Å². The van der Waals surface area contributed by atoms with Crippen LogP contribution < -0.4 is 10.6 Å². The van der Waals surface area contributed by atoms with Gasteiger partial charge in [-0.3, -0.25) is 4.99 Å². The van der Waals surface area contributed by atoms with Gasteiger partial charge in [0, 0.05) is 31.5 Å². The van der Waals surface area contributed by atoms with Crippen molar-refractivity contribution in [3.05, 3.63) is 54.6 Å². The van der Waals surface area contributed by atoms with E-state index in [0.29, 0.717) is 6.04 Å². The molecule has 1 aromatic heterocycles. The van der Waals surface area contributed by atoms with E-state index in [-0.39, 0.29) is 0 Å². The third-order valence-electron chi connectivity index (χ3n) is 3.62. The zero-order valence-corrected chi connectivity index (χ0v) is 14.1. The Kier molecular flexibility index (Phi) is 7.17. The molecule has 0 aliphatic heterocycles. The first-order valence-corrected chi connectivity index (χ1v) is 8.32. The Morgan fingerprint density at radius 2 is 2.13 bits per heavy atom. The van der Waals surface area contributed by atoms with Gasteiger partial charge in [-0.2, -0.15) is 0 Å². The highest BCUT2D eigenvalue weighted by molar-refractivity contribution is 5.80. The van der Waals surface area contributed by atoms with E-state index in [1.165, 1.54) is 5.56 Å². The number of benzene rings is 1. The van der Waals surface area contributed by atoms with Crippen LogP contribution in [-0.4, -0.2) is 34.6 Å². The number of nitrogens with one attached hydrogen (secondary N) is 2. The summed E-state index contributed by atoms with van der Waals surface area (Å²) in [6, 6.07) is 11.0. The van der Waals surface area contributed by atoms with Gasteiger partial charge in [-0.15, -0.1) is 0 Å². The molecule has 0 aliphatic rings. The molecule has 5 nitrogen and oxygen atoms in total. The highest BCUT2D eigenvalue weighted by Gasteiger charge is 2.05. The predicted octanol–water partition coefficient (Wildman–Crippen LogP) is 2.46. The summed E-state index contributed by atoms with van der Waals surface area (Å²) < 4.78 is 2.03. The summed E-state index contributed by atoms with van der Waals surface area (Å²) in [7, 11) is 0. The zero-order valence-electron chi connectivity index (χ0n) is 14.1. The Hall–Kier alpha value is -2.30. The summed E-state index contributed by atoms with van der Waals surface area (Å²) in [5.74, 6) is 0.883. The Morgan fingerprint density at radius 3 is 2.83 bits per heavy atom. The largest absolute Gasteiger partial charge is 0.357 e. The molecule has 0 spiro atoms. The van der Waals surface area contributed by atoms with E-state index in [9.17, 15) is 0 Å². The van der Waals surface area contributed by atoms with Crippen molar-refractivity contribution in [2.45, 2.75) is 39.3 Å². The van der Waals surface area contributed by atoms with Gasteiger partial charge in [-0.25, -0.2) is 4.98 Å². The summed E-state index contributed by atoms with van der Waals surface area (Å²) in [6.07, 6.45) is 7.72. The van der Waals surface area contributed by atoms with E-state index in [2.05, 4.69) is 64.8 Å². The van der Waals surface area contributed by atoms with Crippen molar-refractivity contribution in [3.8, 4) is 0 Å². The second-order valence-electron chi connectivity index (χ2n) is 5.63. The molecule has 0 saturated carbocycles. The van der Waals surface area contributed by atoms with Crippen LogP contribution in [0.4, 0.5) is 0 Å². The molecule has 0 bridgehead atoms. The van der Waals surface area contributed by atoms with Gasteiger partial charge in [0.05, 0.1) is 12.9 Å². The maximum Gasteiger partial charge on any atom is 0.191 e. The number of nitrogens with zero attached hydrogens (tertiary/aromatic N) is 3. The molecule has 0 radical (unpaired) electrons. The van der Waals surface area contributed by atoms with Crippen LogP contribution in [0.5, 0.6) is 0 Å². The summed E-state index contributed by atoms with van der Waals surface area (Å²) >= 11 is 0.